The van der Waals surface area contributed by atoms with Crippen LogP contribution in [0.4, 0.5) is 5.69 Å². The highest BCUT2D eigenvalue weighted by molar-refractivity contribution is 8.15. The zero-order valence-electron chi connectivity index (χ0n) is 14.1. The molecule has 26 heavy (non-hydrogen) atoms. The summed E-state index contributed by atoms with van der Waals surface area (Å²) in [6.45, 7) is 2.11. The smallest absolute Gasteiger partial charge is 0.262 e. The number of fused-ring (bicyclic) bond motifs is 1. The van der Waals surface area contributed by atoms with Gasteiger partial charge in [-0.15, -0.1) is 0 Å². The number of para-hydroxylation sites is 1. The molecule has 0 atom stereocenters. The summed E-state index contributed by atoms with van der Waals surface area (Å²) in [5, 5.41) is 1.13. The van der Waals surface area contributed by atoms with Crippen molar-refractivity contribution >= 4 is 39.4 Å². The van der Waals surface area contributed by atoms with E-state index in [1.807, 2.05) is 37.3 Å². The maximum atomic E-state index is 12.7. The molecule has 1 amide bonds. The van der Waals surface area contributed by atoms with Gasteiger partial charge in [-0.2, -0.15) is 0 Å². The molecule has 2 heterocycles. The molecule has 1 aliphatic heterocycles. The highest BCUT2D eigenvalue weighted by Gasteiger charge is 2.28. The minimum absolute atomic E-state index is 0.0686. The lowest BCUT2D eigenvalue weighted by Gasteiger charge is -2.17. The van der Waals surface area contributed by atoms with Gasteiger partial charge < -0.3 is 0 Å². The molecule has 0 N–H and O–H groups in total. The summed E-state index contributed by atoms with van der Waals surface area (Å²) >= 11 is 1.38. The van der Waals surface area contributed by atoms with Gasteiger partial charge in [0.15, 0.2) is 5.17 Å². The van der Waals surface area contributed by atoms with E-state index >= 15 is 0 Å². The SMILES string of the molecule is Cc1ccc(N=C2SCC(=O)N2Cn2cnc3ccccc3c2=O)cc1. The molecule has 6 nitrogen and oxygen atoms in total. The van der Waals surface area contributed by atoms with Gasteiger partial charge in [-0.05, 0) is 31.2 Å². The largest absolute Gasteiger partial charge is 0.280 e. The third kappa shape index (κ3) is 3.13. The molecule has 0 spiro atoms. The number of nitrogens with zero attached hydrogens (tertiary/aromatic N) is 4. The number of carbonyl (C=O) groups is 1. The molecule has 130 valence electrons. The molecule has 0 saturated carbocycles. The Morgan fingerprint density at radius 2 is 1.88 bits per heavy atom. The van der Waals surface area contributed by atoms with E-state index in [2.05, 4.69) is 9.98 Å². The van der Waals surface area contributed by atoms with Crippen molar-refractivity contribution in [1.29, 1.82) is 0 Å². The molecule has 0 aliphatic carbocycles. The maximum absolute atomic E-state index is 12.7. The number of aliphatic imine (C=N–C) groups is 1. The third-order valence-corrected chi connectivity index (χ3v) is 5.10. The van der Waals surface area contributed by atoms with Crippen LogP contribution in [-0.2, 0) is 11.5 Å². The lowest BCUT2D eigenvalue weighted by atomic mass is 10.2. The second-order valence-electron chi connectivity index (χ2n) is 6.02. The van der Waals surface area contributed by atoms with E-state index in [0.29, 0.717) is 21.8 Å². The fourth-order valence-electron chi connectivity index (χ4n) is 2.71. The summed E-state index contributed by atoms with van der Waals surface area (Å²) in [4.78, 5) is 35.4. The number of amides is 1. The molecule has 1 aliphatic rings. The van der Waals surface area contributed by atoms with Gasteiger partial charge in [-0.25, -0.2) is 9.98 Å². The van der Waals surface area contributed by atoms with Crippen LogP contribution in [-0.4, -0.2) is 31.3 Å². The fraction of sp³-hybridized carbons (Fsp3) is 0.158. The minimum atomic E-state index is -0.171. The second kappa shape index (κ2) is 6.76. The van der Waals surface area contributed by atoms with Gasteiger partial charge in [0.1, 0.15) is 6.67 Å². The molecule has 2 aromatic carbocycles. The van der Waals surface area contributed by atoms with E-state index < -0.39 is 0 Å². The van der Waals surface area contributed by atoms with Gasteiger partial charge in [-0.3, -0.25) is 19.1 Å². The zero-order chi connectivity index (χ0) is 18.1. The lowest BCUT2D eigenvalue weighted by Crippen LogP contribution is -2.36. The van der Waals surface area contributed by atoms with E-state index in [1.54, 1.807) is 18.2 Å². The number of aryl methyl sites for hydroxylation is 1. The first-order chi connectivity index (χ1) is 12.6. The van der Waals surface area contributed by atoms with Crippen molar-refractivity contribution in [3.05, 3.63) is 70.8 Å². The highest BCUT2D eigenvalue weighted by atomic mass is 32.2. The number of rotatable bonds is 3. The van der Waals surface area contributed by atoms with Crippen molar-refractivity contribution in [3.63, 3.8) is 0 Å². The van der Waals surface area contributed by atoms with E-state index in [1.165, 1.54) is 27.6 Å². The Labute approximate surface area is 154 Å². The van der Waals surface area contributed by atoms with Crippen molar-refractivity contribution in [2.75, 3.05) is 5.75 Å². The van der Waals surface area contributed by atoms with Crippen LogP contribution in [0.15, 0.2) is 64.6 Å². The van der Waals surface area contributed by atoms with Crippen LogP contribution in [0.25, 0.3) is 10.9 Å². The van der Waals surface area contributed by atoms with Crippen molar-refractivity contribution < 1.29 is 4.79 Å². The van der Waals surface area contributed by atoms with Crippen molar-refractivity contribution in [2.45, 2.75) is 13.6 Å². The second-order valence-corrected chi connectivity index (χ2v) is 6.96. The predicted octanol–water partition coefficient (Wildman–Crippen LogP) is 2.93. The van der Waals surface area contributed by atoms with Crippen molar-refractivity contribution in [3.8, 4) is 0 Å². The van der Waals surface area contributed by atoms with Gasteiger partial charge in [0.25, 0.3) is 5.56 Å². The quantitative estimate of drug-likeness (QED) is 0.717. The molecule has 0 bridgehead atoms. The molecule has 0 radical (unpaired) electrons. The van der Waals surface area contributed by atoms with Crippen LogP contribution in [0.3, 0.4) is 0 Å². The summed E-state index contributed by atoms with van der Waals surface area (Å²) < 4.78 is 1.44. The van der Waals surface area contributed by atoms with Gasteiger partial charge >= 0.3 is 0 Å². The monoisotopic (exact) mass is 364 g/mol. The van der Waals surface area contributed by atoms with Gasteiger partial charge in [0.05, 0.1) is 28.7 Å². The minimum Gasteiger partial charge on any atom is -0.280 e. The van der Waals surface area contributed by atoms with Gasteiger partial charge in [0, 0.05) is 0 Å². The lowest BCUT2D eigenvalue weighted by molar-refractivity contribution is -0.125. The number of amidine groups is 1. The number of hydrogen-bond donors (Lipinski definition) is 0. The molecular formula is C19H16N4O2S. The third-order valence-electron chi connectivity index (χ3n) is 4.14. The average Bonchev–Trinajstić information content (AvgIpc) is 2.99. The Kier molecular flexibility index (Phi) is 4.30. The van der Waals surface area contributed by atoms with E-state index in [9.17, 15) is 9.59 Å². The van der Waals surface area contributed by atoms with Crippen LogP contribution in [0.1, 0.15) is 5.56 Å². The van der Waals surface area contributed by atoms with Crippen molar-refractivity contribution in [1.82, 2.24) is 14.5 Å². The van der Waals surface area contributed by atoms with E-state index in [0.717, 1.165) is 11.3 Å². The van der Waals surface area contributed by atoms with Crippen LogP contribution in [0.5, 0.6) is 0 Å². The number of carbonyl (C=O) groups excluding carboxylic acids is 1. The summed E-state index contributed by atoms with van der Waals surface area (Å²) in [7, 11) is 0. The van der Waals surface area contributed by atoms with Crippen LogP contribution >= 0.6 is 11.8 Å². The summed E-state index contributed by atoms with van der Waals surface area (Å²) in [5.41, 5.74) is 2.40. The number of aromatic nitrogens is 2. The summed E-state index contributed by atoms with van der Waals surface area (Å²) in [6.07, 6.45) is 1.48. The Morgan fingerprint density at radius 3 is 2.69 bits per heavy atom. The first-order valence-corrected chi connectivity index (χ1v) is 9.13. The Hall–Kier alpha value is -2.93. The van der Waals surface area contributed by atoms with Crippen LogP contribution in [0.2, 0.25) is 0 Å². The maximum Gasteiger partial charge on any atom is 0.262 e. The topological polar surface area (TPSA) is 67.6 Å². The first-order valence-electron chi connectivity index (χ1n) is 8.14. The highest BCUT2D eigenvalue weighted by Crippen LogP contribution is 2.24. The molecule has 1 fully saturated rings. The standard InChI is InChI=1S/C19H16N4O2S/c1-13-6-8-14(9-7-13)21-19-23(17(24)10-26-19)12-22-11-20-16-5-3-2-4-15(16)18(22)25/h2-9,11H,10,12H2,1H3. The Bertz CT molecular complexity index is 1070. The summed E-state index contributed by atoms with van der Waals surface area (Å²) in [5.74, 6) is 0.251. The van der Waals surface area contributed by atoms with E-state index in [-0.39, 0.29) is 18.1 Å². The van der Waals surface area contributed by atoms with Crippen LogP contribution in [0, 0.1) is 6.92 Å². The molecule has 0 unspecified atom stereocenters. The number of thioether (sulfide) groups is 1. The molecule has 7 heteroatoms. The predicted molar refractivity (Wildman–Crippen MR) is 104 cm³/mol. The summed E-state index contributed by atoms with van der Waals surface area (Å²) in [6, 6.07) is 14.9. The average molecular weight is 364 g/mol. The van der Waals surface area contributed by atoms with Gasteiger partial charge in [0.2, 0.25) is 5.91 Å². The molecular weight excluding hydrogens is 348 g/mol. The number of hydrogen-bond acceptors (Lipinski definition) is 5. The van der Waals surface area contributed by atoms with Crippen molar-refractivity contribution in [2.24, 2.45) is 4.99 Å². The van der Waals surface area contributed by atoms with Crippen LogP contribution < -0.4 is 5.56 Å². The Balaban J connectivity index is 1.67. The zero-order valence-corrected chi connectivity index (χ0v) is 14.9. The molecule has 1 aromatic heterocycles. The molecule has 4 rings (SSSR count). The Morgan fingerprint density at radius 1 is 1.12 bits per heavy atom. The van der Waals surface area contributed by atoms with E-state index in [4.69, 9.17) is 0 Å². The number of benzene rings is 2. The molecule has 3 aromatic rings. The fourth-order valence-corrected chi connectivity index (χ4v) is 3.60. The van der Waals surface area contributed by atoms with Gasteiger partial charge in [-0.1, -0.05) is 41.6 Å². The first kappa shape index (κ1) is 16.5. The normalized spacial score (nSPS) is 16.0. The molecule has 1 saturated heterocycles.